The molecular formula is C20H21N5O2. The zero-order valence-corrected chi connectivity index (χ0v) is 15.4. The first-order valence-corrected chi connectivity index (χ1v) is 8.38. The molecule has 0 radical (unpaired) electrons. The van der Waals surface area contributed by atoms with Crippen molar-refractivity contribution in [2.24, 2.45) is 0 Å². The average Bonchev–Trinajstić information content (AvgIpc) is 2.68. The van der Waals surface area contributed by atoms with Crippen molar-refractivity contribution in [2.45, 2.75) is 13.8 Å². The van der Waals surface area contributed by atoms with E-state index in [1.165, 1.54) is 19.0 Å². The lowest BCUT2D eigenvalue weighted by molar-refractivity contribution is 0.0601. The van der Waals surface area contributed by atoms with Gasteiger partial charge in [0.15, 0.2) is 11.6 Å². The van der Waals surface area contributed by atoms with Gasteiger partial charge in [-0.2, -0.15) is 0 Å². The Kier molecular flexibility index (Phi) is 5.21. The summed E-state index contributed by atoms with van der Waals surface area (Å²) in [7, 11) is 1.35. The zero-order valence-electron chi connectivity index (χ0n) is 15.4. The van der Waals surface area contributed by atoms with Crippen LogP contribution in [0, 0.1) is 13.8 Å². The molecule has 1 heterocycles. The highest BCUT2D eigenvalue weighted by Gasteiger charge is 2.11. The lowest BCUT2D eigenvalue weighted by atomic mass is 10.1. The van der Waals surface area contributed by atoms with Crippen LogP contribution in [0.2, 0.25) is 0 Å². The predicted molar refractivity (Wildman–Crippen MR) is 107 cm³/mol. The minimum absolute atomic E-state index is 0.386. The fourth-order valence-corrected chi connectivity index (χ4v) is 2.55. The van der Waals surface area contributed by atoms with Gasteiger partial charge in [0, 0.05) is 11.4 Å². The third-order valence-corrected chi connectivity index (χ3v) is 4.31. The van der Waals surface area contributed by atoms with Gasteiger partial charge in [-0.3, -0.25) is 0 Å². The number of benzene rings is 2. The molecule has 0 atom stereocenters. The number of ether oxygens (including phenoxy) is 1. The van der Waals surface area contributed by atoms with Crippen LogP contribution < -0.4 is 16.4 Å². The van der Waals surface area contributed by atoms with E-state index in [9.17, 15) is 4.79 Å². The highest BCUT2D eigenvalue weighted by Crippen LogP contribution is 2.29. The first-order chi connectivity index (χ1) is 13.0. The number of hydrogen-bond acceptors (Lipinski definition) is 7. The Balaban J connectivity index is 1.82. The van der Waals surface area contributed by atoms with Gasteiger partial charge in [-0.25, -0.2) is 14.8 Å². The molecule has 0 aliphatic carbocycles. The Hall–Kier alpha value is -3.61. The summed E-state index contributed by atoms with van der Waals surface area (Å²) in [5, 5.41) is 6.40. The molecule has 3 aromatic rings. The smallest absolute Gasteiger partial charge is 0.337 e. The molecule has 0 aliphatic rings. The van der Waals surface area contributed by atoms with Crippen LogP contribution in [0.15, 0.2) is 48.8 Å². The zero-order chi connectivity index (χ0) is 19.4. The first-order valence-electron chi connectivity index (χ1n) is 8.38. The molecule has 1 aromatic heterocycles. The third kappa shape index (κ3) is 3.98. The van der Waals surface area contributed by atoms with Gasteiger partial charge in [-0.05, 0) is 55.3 Å². The number of nitrogens with two attached hydrogens (primary N) is 1. The van der Waals surface area contributed by atoms with Crippen molar-refractivity contribution in [2.75, 3.05) is 23.5 Å². The van der Waals surface area contributed by atoms with E-state index in [2.05, 4.69) is 33.6 Å². The van der Waals surface area contributed by atoms with Gasteiger partial charge in [0.2, 0.25) is 0 Å². The second kappa shape index (κ2) is 7.74. The Labute approximate surface area is 157 Å². The quantitative estimate of drug-likeness (QED) is 0.590. The summed E-state index contributed by atoms with van der Waals surface area (Å²) in [5.74, 6) is 0.610. The summed E-state index contributed by atoms with van der Waals surface area (Å²) in [5.41, 5.74) is 11.1. The molecule has 0 saturated carbocycles. The van der Waals surface area contributed by atoms with Crippen molar-refractivity contribution in [3.63, 3.8) is 0 Å². The van der Waals surface area contributed by atoms with E-state index in [-0.39, 0.29) is 5.97 Å². The SMILES string of the molecule is COC(=O)c1ccc(Nc2ncnc(Nc3cccc(C)c3C)c2N)cc1. The topological polar surface area (TPSA) is 102 Å². The molecule has 0 saturated heterocycles. The van der Waals surface area contributed by atoms with Crippen LogP contribution in [0.3, 0.4) is 0 Å². The second-order valence-corrected chi connectivity index (χ2v) is 6.05. The Morgan fingerprint density at radius 3 is 2.33 bits per heavy atom. The normalized spacial score (nSPS) is 10.3. The van der Waals surface area contributed by atoms with Crippen molar-refractivity contribution < 1.29 is 9.53 Å². The molecule has 0 fully saturated rings. The summed E-state index contributed by atoms with van der Waals surface area (Å²) < 4.78 is 4.70. The molecule has 0 unspecified atom stereocenters. The molecule has 7 heteroatoms. The molecule has 138 valence electrons. The molecule has 4 N–H and O–H groups in total. The first kappa shape index (κ1) is 18.2. The number of nitrogens with one attached hydrogen (secondary N) is 2. The van der Waals surface area contributed by atoms with E-state index in [0.717, 1.165) is 16.9 Å². The molecule has 7 nitrogen and oxygen atoms in total. The number of anilines is 5. The van der Waals surface area contributed by atoms with E-state index in [1.807, 2.05) is 19.1 Å². The number of esters is 1. The van der Waals surface area contributed by atoms with E-state index in [1.54, 1.807) is 24.3 Å². The summed E-state index contributed by atoms with van der Waals surface area (Å²) in [6.07, 6.45) is 1.44. The van der Waals surface area contributed by atoms with Crippen molar-refractivity contribution >= 4 is 34.7 Å². The van der Waals surface area contributed by atoms with Crippen molar-refractivity contribution in [3.05, 3.63) is 65.5 Å². The monoisotopic (exact) mass is 363 g/mol. The number of nitrogens with zero attached hydrogens (tertiary/aromatic N) is 2. The molecule has 0 spiro atoms. The van der Waals surface area contributed by atoms with Gasteiger partial charge in [-0.1, -0.05) is 12.1 Å². The van der Waals surface area contributed by atoms with E-state index in [0.29, 0.717) is 22.9 Å². The summed E-state index contributed by atoms with van der Waals surface area (Å²) in [6, 6.07) is 12.8. The van der Waals surface area contributed by atoms with Crippen LogP contribution in [-0.4, -0.2) is 23.0 Å². The van der Waals surface area contributed by atoms with Crippen molar-refractivity contribution in [1.82, 2.24) is 9.97 Å². The van der Waals surface area contributed by atoms with Gasteiger partial charge >= 0.3 is 5.97 Å². The summed E-state index contributed by atoms with van der Waals surface area (Å²) in [4.78, 5) is 20.0. The Bertz CT molecular complexity index is 971. The molecule has 0 amide bonds. The maximum Gasteiger partial charge on any atom is 0.337 e. The number of aromatic nitrogens is 2. The van der Waals surface area contributed by atoms with Crippen LogP contribution in [0.1, 0.15) is 21.5 Å². The highest BCUT2D eigenvalue weighted by atomic mass is 16.5. The van der Waals surface area contributed by atoms with Crippen molar-refractivity contribution in [3.8, 4) is 0 Å². The maximum atomic E-state index is 11.5. The Morgan fingerprint density at radius 2 is 1.67 bits per heavy atom. The molecule has 27 heavy (non-hydrogen) atoms. The lowest BCUT2D eigenvalue weighted by Gasteiger charge is -2.14. The van der Waals surface area contributed by atoms with E-state index >= 15 is 0 Å². The van der Waals surface area contributed by atoms with Crippen LogP contribution >= 0.6 is 0 Å². The standard InChI is InChI=1S/C20H21N5O2/c1-12-5-4-6-16(13(12)2)25-19-17(21)18(22-11-23-19)24-15-9-7-14(8-10-15)20(26)27-3/h4-11H,21H2,1-3H3,(H2,22,23,24,25). The van der Waals surface area contributed by atoms with Crippen LogP contribution in [-0.2, 0) is 4.74 Å². The minimum atomic E-state index is -0.386. The lowest BCUT2D eigenvalue weighted by Crippen LogP contribution is -2.06. The number of carbonyl (C=O) groups excluding carboxylic acids is 1. The number of nitrogen functional groups attached to an aromatic ring is 1. The number of methoxy groups -OCH3 is 1. The molecule has 0 bridgehead atoms. The average molecular weight is 363 g/mol. The molecule has 3 rings (SSSR count). The fourth-order valence-electron chi connectivity index (χ4n) is 2.55. The molecular weight excluding hydrogens is 342 g/mol. The van der Waals surface area contributed by atoms with Crippen LogP contribution in [0.4, 0.5) is 28.7 Å². The van der Waals surface area contributed by atoms with Crippen molar-refractivity contribution in [1.29, 1.82) is 0 Å². The van der Waals surface area contributed by atoms with Gasteiger partial charge in [0.05, 0.1) is 12.7 Å². The number of hydrogen-bond donors (Lipinski definition) is 3. The molecule has 2 aromatic carbocycles. The number of carbonyl (C=O) groups is 1. The summed E-state index contributed by atoms with van der Waals surface area (Å²) in [6.45, 7) is 4.09. The second-order valence-electron chi connectivity index (χ2n) is 6.05. The largest absolute Gasteiger partial charge is 0.465 e. The van der Waals surface area contributed by atoms with E-state index in [4.69, 9.17) is 10.5 Å². The third-order valence-electron chi connectivity index (χ3n) is 4.31. The molecule has 0 aliphatic heterocycles. The maximum absolute atomic E-state index is 11.5. The van der Waals surface area contributed by atoms with Gasteiger partial charge in [0.1, 0.15) is 12.0 Å². The Morgan fingerprint density at radius 1 is 1.00 bits per heavy atom. The van der Waals surface area contributed by atoms with Crippen LogP contribution in [0.5, 0.6) is 0 Å². The van der Waals surface area contributed by atoms with Gasteiger partial charge < -0.3 is 21.1 Å². The number of rotatable bonds is 5. The predicted octanol–water partition coefficient (Wildman–Crippen LogP) is 3.95. The van der Waals surface area contributed by atoms with Gasteiger partial charge in [0.25, 0.3) is 0 Å². The van der Waals surface area contributed by atoms with E-state index < -0.39 is 0 Å². The van der Waals surface area contributed by atoms with Crippen LogP contribution in [0.25, 0.3) is 0 Å². The number of aryl methyl sites for hydroxylation is 1. The highest BCUT2D eigenvalue weighted by molar-refractivity contribution is 5.90. The summed E-state index contributed by atoms with van der Waals surface area (Å²) >= 11 is 0. The fraction of sp³-hybridized carbons (Fsp3) is 0.150. The minimum Gasteiger partial charge on any atom is -0.465 e. The van der Waals surface area contributed by atoms with Gasteiger partial charge in [-0.15, -0.1) is 0 Å².